The van der Waals surface area contributed by atoms with E-state index in [4.69, 9.17) is 0 Å². The molecule has 1 saturated carbocycles. The molecule has 1 aliphatic rings. The molecular weight excluding hydrogens is 585 g/mol. The number of hydrogen-bond acceptors (Lipinski definition) is 2. The number of aliphatic hydroxyl groups is 1. The van der Waals surface area contributed by atoms with E-state index in [0.29, 0.717) is 41.9 Å². The van der Waals surface area contributed by atoms with Crippen LogP contribution in [0.5, 0.6) is 0 Å². The second-order valence-corrected chi connectivity index (χ2v) is 17.6. The molecule has 0 aliphatic heterocycles. The third-order valence-corrected chi connectivity index (χ3v) is 12.2. The fourth-order valence-corrected chi connectivity index (χ4v) is 8.81. The maximum atomic E-state index is 14.1. The van der Waals surface area contributed by atoms with Crippen LogP contribution in [-0.4, -0.2) is 17.0 Å². The Morgan fingerprint density at radius 1 is 0.854 bits per heavy atom. The summed E-state index contributed by atoms with van der Waals surface area (Å²) in [6.45, 7) is 37.9. The number of ketones is 1. The van der Waals surface area contributed by atoms with Crippen LogP contribution in [0, 0.1) is 52.8 Å². The van der Waals surface area contributed by atoms with E-state index in [1.54, 1.807) is 0 Å². The second kappa shape index (κ2) is 23.1. The maximum Gasteiger partial charge on any atom is 0.161 e. The van der Waals surface area contributed by atoms with Crippen molar-refractivity contribution in [2.45, 2.75) is 184 Å². The van der Waals surface area contributed by atoms with Gasteiger partial charge in [-0.15, -0.1) is 6.58 Å². The van der Waals surface area contributed by atoms with E-state index < -0.39 is 0 Å². The van der Waals surface area contributed by atoms with Gasteiger partial charge in [0.1, 0.15) is 0 Å². The third kappa shape index (κ3) is 16.5. The molecule has 1 fully saturated rings. The molecule has 0 aromatic rings. The maximum absolute atomic E-state index is 14.1. The molecule has 0 saturated heterocycles. The number of hydrogen-bond donors (Lipinski definition) is 1. The first kappa shape index (κ1) is 44.6. The molecule has 48 heavy (non-hydrogen) atoms. The lowest BCUT2D eigenvalue weighted by Gasteiger charge is -2.33. The van der Waals surface area contributed by atoms with Gasteiger partial charge in [-0.3, -0.25) is 4.79 Å². The van der Waals surface area contributed by atoms with E-state index in [2.05, 4.69) is 88.6 Å². The predicted octanol–water partition coefficient (Wildman–Crippen LogP) is 13.9. The van der Waals surface area contributed by atoms with Crippen molar-refractivity contribution in [2.24, 2.45) is 52.8 Å². The van der Waals surface area contributed by atoms with Gasteiger partial charge in [-0.1, -0.05) is 144 Å². The quantitative estimate of drug-likeness (QED) is 0.0737. The minimum Gasteiger partial charge on any atom is -0.393 e. The molecule has 0 aromatic heterocycles. The molecule has 0 amide bonds. The van der Waals surface area contributed by atoms with Crippen LogP contribution in [0.2, 0.25) is 0 Å². The van der Waals surface area contributed by atoms with Gasteiger partial charge >= 0.3 is 0 Å². The van der Waals surface area contributed by atoms with Crippen molar-refractivity contribution in [1.29, 1.82) is 0 Å². The minimum absolute atomic E-state index is 0.117. The Kier molecular flexibility index (Phi) is 21.5. The van der Waals surface area contributed by atoms with E-state index in [0.717, 1.165) is 69.8 Å². The van der Waals surface area contributed by atoms with E-state index in [1.165, 1.54) is 56.1 Å². The highest BCUT2D eigenvalue weighted by molar-refractivity contribution is 5.97. The van der Waals surface area contributed by atoms with Gasteiger partial charge in [0.15, 0.2) is 5.78 Å². The van der Waals surface area contributed by atoms with Crippen LogP contribution in [0.4, 0.5) is 0 Å². The van der Waals surface area contributed by atoms with E-state index >= 15 is 0 Å². The van der Waals surface area contributed by atoms with Crippen molar-refractivity contribution < 1.29 is 9.90 Å². The highest BCUT2D eigenvalue weighted by Crippen LogP contribution is 2.40. The smallest absolute Gasteiger partial charge is 0.161 e. The molecule has 0 spiro atoms. The summed E-state index contributed by atoms with van der Waals surface area (Å²) in [6, 6.07) is 0. The van der Waals surface area contributed by atoms with Gasteiger partial charge in [0.2, 0.25) is 0 Å². The van der Waals surface area contributed by atoms with Crippen molar-refractivity contribution >= 4 is 5.78 Å². The fraction of sp³-hybridized carbons (Fsp3) is 0.804. The van der Waals surface area contributed by atoms with Crippen LogP contribution in [0.1, 0.15) is 178 Å². The average Bonchev–Trinajstić information content (AvgIpc) is 3.04. The largest absolute Gasteiger partial charge is 0.393 e. The summed E-state index contributed by atoms with van der Waals surface area (Å²) in [4.78, 5) is 14.1. The topological polar surface area (TPSA) is 37.3 Å². The fourth-order valence-electron chi connectivity index (χ4n) is 8.81. The lowest BCUT2D eigenvalue weighted by Crippen LogP contribution is -2.27. The molecule has 1 N–H and O–H groups in total. The number of carbonyl (C=O) groups excluding carboxylic acids is 1. The van der Waals surface area contributed by atoms with E-state index in [9.17, 15) is 9.90 Å². The summed E-state index contributed by atoms with van der Waals surface area (Å²) >= 11 is 0. The molecule has 1 aliphatic carbocycles. The van der Waals surface area contributed by atoms with Gasteiger partial charge < -0.3 is 5.11 Å². The lowest BCUT2D eigenvalue weighted by atomic mass is 9.72. The zero-order valence-electron chi connectivity index (χ0n) is 33.7. The molecular formula is C46H82O2. The molecule has 0 heterocycles. The minimum atomic E-state index is -0.222. The lowest BCUT2D eigenvalue weighted by molar-refractivity contribution is -0.119. The second-order valence-electron chi connectivity index (χ2n) is 17.6. The van der Waals surface area contributed by atoms with Crippen molar-refractivity contribution in [3.05, 3.63) is 49.1 Å². The van der Waals surface area contributed by atoms with Crippen molar-refractivity contribution in [2.75, 3.05) is 0 Å². The van der Waals surface area contributed by atoms with Crippen LogP contribution in [0.25, 0.3) is 0 Å². The molecule has 8 atom stereocenters. The number of Topliss-reactive ketones (excluding diaryl/α,β-unsaturated/α-hetero) is 1. The normalized spacial score (nSPS) is 19.4. The van der Waals surface area contributed by atoms with Crippen molar-refractivity contribution in [3.8, 4) is 0 Å². The van der Waals surface area contributed by atoms with Crippen LogP contribution in [0.15, 0.2) is 49.1 Å². The molecule has 6 unspecified atom stereocenters. The first-order valence-corrected chi connectivity index (χ1v) is 20.4. The Morgan fingerprint density at radius 3 is 2.04 bits per heavy atom. The molecule has 0 aromatic carbocycles. The molecule has 0 radical (unpaired) electrons. The van der Waals surface area contributed by atoms with Gasteiger partial charge in [0.05, 0.1) is 6.10 Å². The summed E-state index contributed by atoms with van der Waals surface area (Å²) in [5.74, 6) is 3.16. The van der Waals surface area contributed by atoms with Gasteiger partial charge in [0, 0.05) is 5.92 Å². The Balaban J connectivity index is 3.04. The van der Waals surface area contributed by atoms with Crippen LogP contribution < -0.4 is 0 Å². The van der Waals surface area contributed by atoms with Gasteiger partial charge in [-0.05, 0) is 123 Å². The molecule has 2 heteroatoms. The summed E-state index contributed by atoms with van der Waals surface area (Å²) in [6.07, 6.45) is 21.9. The summed E-state index contributed by atoms with van der Waals surface area (Å²) < 4.78 is 0. The first-order chi connectivity index (χ1) is 22.6. The Bertz CT molecular complexity index is 959. The highest BCUT2D eigenvalue weighted by atomic mass is 16.3. The van der Waals surface area contributed by atoms with Gasteiger partial charge in [-0.2, -0.15) is 0 Å². The van der Waals surface area contributed by atoms with Gasteiger partial charge in [0.25, 0.3) is 0 Å². The molecule has 2 nitrogen and oxygen atoms in total. The number of carbonyl (C=O) groups is 1. The molecule has 278 valence electrons. The predicted molar refractivity (Wildman–Crippen MR) is 213 cm³/mol. The highest BCUT2D eigenvalue weighted by Gasteiger charge is 2.32. The van der Waals surface area contributed by atoms with Crippen LogP contribution >= 0.6 is 0 Å². The van der Waals surface area contributed by atoms with E-state index in [1.807, 2.05) is 6.08 Å². The standard InChI is InChI=1S/C46H82O2/c1-14-18-23-39(17-4)30-41(32-42(47)31-40-24-20-19-21-25-40)29-35(7)43(22-15-2)38(10)45(48)36(8)28-34(6)37(9)44(33(5)16-3)26-27-46(11,12)13/h14,35-37,39-44,47H,1,5-6,10,15-32H2,2-4,7-9,11-13H3/t35?,36?,37?,39-,41?,42-,43?,44?/m1/s1. The Labute approximate surface area is 300 Å². The third-order valence-electron chi connectivity index (χ3n) is 12.2. The van der Waals surface area contributed by atoms with Crippen molar-refractivity contribution in [3.63, 3.8) is 0 Å². The molecule has 1 rings (SSSR count). The average molecular weight is 667 g/mol. The van der Waals surface area contributed by atoms with Crippen molar-refractivity contribution in [1.82, 2.24) is 0 Å². The van der Waals surface area contributed by atoms with Crippen LogP contribution in [0.3, 0.4) is 0 Å². The van der Waals surface area contributed by atoms with Gasteiger partial charge in [-0.25, -0.2) is 0 Å². The summed E-state index contributed by atoms with van der Waals surface area (Å²) in [7, 11) is 0. The SMILES string of the molecule is C=CCC[C@@H](CC)CC(CC(C)C(CCC)C(=C)C(=O)C(C)CC(=C)C(C)C(CCC(C)(C)C)C(=C)CC)C[C@H](O)CC1CCCCC1. The Hall–Kier alpha value is -1.41. The van der Waals surface area contributed by atoms with E-state index in [-0.39, 0.29) is 29.1 Å². The monoisotopic (exact) mass is 667 g/mol. The first-order valence-electron chi connectivity index (χ1n) is 20.4. The molecule has 0 bridgehead atoms. The summed E-state index contributed by atoms with van der Waals surface area (Å²) in [5.41, 5.74) is 3.59. The number of rotatable bonds is 26. The summed E-state index contributed by atoms with van der Waals surface area (Å²) in [5, 5.41) is 11.3. The van der Waals surface area contributed by atoms with Crippen LogP contribution in [-0.2, 0) is 4.79 Å². The number of allylic oxidation sites excluding steroid dienone is 4. The number of aliphatic hydroxyl groups excluding tert-OH is 1. The zero-order chi connectivity index (χ0) is 36.4. The zero-order valence-corrected chi connectivity index (χ0v) is 33.7. The Morgan fingerprint density at radius 2 is 1.50 bits per heavy atom.